The van der Waals surface area contributed by atoms with Crippen LogP contribution in [-0.4, -0.2) is 5.78 Å². The minimum atomic E-state index is 0.0128. The normalized spacial score (nSPS) is 10.0. The summed E-state index contributed by atoms with van der Waals surface area (Å²) < 4.78 is 0. The minimum Gasteiger partial charge on any atom is -0.356 e. The molecule has 3 heteroatoms. The molecule has 0 spiro atoms. The molecular weight excluding hydrogens is 392 g/mol. The molecule has 4 aromatic rings. The van der Waals surface area contributed by atoms with Crippen molar-refractivity contribution in [2.45, 2.75) is 27.7 Å². The van der Waals surface area contributed by atoms with Gasteiger partial charge in [-0.05, 0) is 86.6 Å². The molecule has 4 aromatic carbocycles. The van der Waals surface area contributed by atoms with Crippen molar-refractivity contribution in [1.82, 2.24) is 0 Å². The standard InChI is InChI=1S/C27H24N2O.C2H6/c1-19-3-11-23(12-4-19)28-25-15-7-21(8-16-25)27(30)22-9-17-26(18-10-22)29-24-13-5-20(2)6-14-24;1-2/h3-18,28-29H,1-2H3;1-2H3. The Bertz CT molecular complexity index is 1030. The van der Waals surface area contributed by atoms with E-state index < -0.39 is 0 Å². The third kappa shape index (κ3) is 6.08. The molecule has 0 amide bonds. The van der Waals surface area contributed by atoms with Crippen LogP contribution in [0.4, 0.5) is 22.7 Å². The lowest BCUT2D eigenvalue weighted by Crippen LogP contribution is -2.02. The van der Waals surface area contributed by atoms with Gasteiger partial charge >= 0.3 is 0 Å². The predicted molar refractivity (Wildman–Crippen MR) is 137 cm³/mol. The molecule has 0 heterocycles. The fourth-order valence-corrected chi connectivity index (χ4v) is 3.18. The van der Waals surface area contributed by atoms with Crippen LogP contribution in [-0.2, 0) is 0 Å². The van der Waals surface area contributed by atoms with Gasteiger partial charge in [-0.1, -0.05) is 49.2 Å². The lowest BCUT2D eigenvalue weighted by Gasteiger charge is -2.09. The van der Waals surface area contributed by atoms with Gasteiger partial charge in [0.1, 0.15) is 0 Å². The topological polar surface area (TPSA) is 41.1 Å². The van der Waals surface area contributed by atoms with Gasteiger partial charge in [-0.25, -0.2) is 0 Å². The molecule has 0 unspecified atom stereocenters. The summed E-state index contributed by atoms with van der Waals surface area (Å²) in [5, 5.41) is 6.70. The fourth-order valence-electron chi connectivity index (χ4n) is 3.18. The van der Waals surface area contributed by atoms with E-state index in [4.69, 9.17) is 0 Å². The monoisotopic (exact) mass is 422 g/mol. The Kier molecular flexibility index (Phi) is 7.82. The first-order chi connectivity index (χ1) is 15.6. The first-order valence-corrected chi connectivity index (χ1v) is 11.0. The highest BCUT2D eigenvalue weighted by molar-refractivity contribution is 6.09. The molecule has 0 radical (unpaired) electrons. The number of nitrogens with one attached hydrogen (secondary N) is 2. The number of ketones is 1. The number of rotatable bonds is 6. The van der Waals surface area contributed by atoms with Gasteiger partial charge in [-0.15, -0.1) is 0 Å². The molecular formula is C29H30N2O. The summed E-state index contributed by atoms with van der Waals surface area (Å²) in [5.74, 6) is 0.0128. The Morgan fingerprint density at radius 3 is 1.00 bits per heavy atom. The number of carbonyl (C=O) groups is 1. The molecule has 32 heavy (non-hydrogen) atoms. The van der Waals surface area contributed by atoms with Crippen LogP contribution in [0.1, 0.15) is 40.9 Å². The van der Waals surface area contributed by atoms with Gasteiger partial charge in [-0.2, -0.15) is 0 Å². The van der Waals surface area contributed by atoms with Gasteiger partial charge in [0.05, 0.1) is 0 Å². The van der Waals surface area contributed by atoms with E-state index in [1.165, 1.54) is 11.1 Å². The summed E-state index contributed by atoms with van der Waals surface area (Å²) in [6.45, 7) is 8.13. The average Bonchev–Trinajstić information content (AvgIpc) is 2.84. The summed E-state index contributed by atoms with van der Waals surface area (Å²) >= 11 is 0. The van der Waals surface area contributed by atoms with Gasteiger partial charge < -0.3 is 10.6 Å². The first-order valence-electron chi connectivity index (χ1n) is 11.0. The molecule has 162 valence electrons. The number of aryl methyl sites for hydroxylation is 2. The Morgan fingerprint density at radius 1 is 0.469 bits per heavy atom. The highest BCUT2D eigenvalue weighted by Crippen LogP contribution is 2.21. The highest BCUT2D eigenvalue weighted by Gasteiger charge is 2.09. The number of benzene rings is 4. The Hall–Kier alpha value is -3.85. The van der Waals surface area contributed by atoms with Crippen molar-refractivity contribution in [3.8, 4) is 0 Å². The average molecular weight is 423 g/mol. The molecule has 0 atom stereocenters. The lowest BCUT2D eigenvalue weighted by atomic mass is 10.0. The van der Waals surface area contributed by atoms with E-state index in [2.05, 4.69) is 48.7 Å². The molecule has 0 fully saturated rings. The van der Waals surface area contributed by atoms with E-state index in [0.29, 0.717) is 11.1 Å². The maximum Gasteiger partial charge on any atom is 0.193 e. The van der Waals surface area contributed by atoms with Gasteiger partial charge in [-0.3, -0.25) is 4.79 Å². The molecule has 0 saturated carbocycles. The molecule has 0 aromatic heterocycles. The van der Waals surface area contributed by atoms with Crippen molar-refractivity contribution in [2.75, 3.05) is 10.6 Å². The van der Waals surface area contributed by atoms with Crippen LogP contribution in [0.5, 0.6) is 0 Å². The Morgan fingerprint density at radius 2 is 0.719 bits per heavy atom. The number of anilines is 4. The smallest absolute Gasteiger partial charge is 0.193 e. The van der Waals surface area contributed by atoms with E-state index >= 15 is 0 Å². The van der Waals surface area contributed by atoms with Crippen LogP contribution in [0.15, 0.2) is 97.1 Å². The minimum absolute atomic E-state index is 0.0128. The molecule has 3 nitrogen and oxygen atoms in total. The van der Waals surface area contributed by atoms with Gasteiger partial charge in [0, 0.05) is 33.9 Å². The van der Waals surface area contributed by atoms with Gasteiger partial charge in [0.15, 0.2) is 5.78 Å². The third-order valence-corrected chi connectivity index (χ3v) is 4.97. The maximum atomic E-state index is 12.8. The first kappa shape index (κ1) is 22.8. The van der Waals surface area contributed by atoms with E-state index in [0.717, 1.165) is 22.7 Å². The zero-order chi connectivity index (χ0) is 22.9. The summed E-state index contributed by atoms with van der Waals surface area (Å²) in [4.78, 5) is 12.8. The molecule has 0 aliphatic rings. The SMILES string of the molecule is CC.Cc1ccc(Nc2ccc(C(=O)c3ccc(Nc4ccc(C)cc4)cc3)cc2)cc1. The summed E-state index contributed by atoms with van der Waals surface area (Å²) in [6.07, 6.45) is 0. The van der Waals surface area contributed by atoms with Crippen LogP contribution in [0.3, 0.4) is 0 Å². The van der Waals surface area contributed by atoms with E-state index in [-0.39, 0.29) is 5.78 Å². The Balaban J connectivity index is 0.00000141. The Labute approximate surface area is 191 Å². The van der Waals surface area contributed by atoms with Crippen LogP contribution in [0.25, 0.3) is 0 Å². The number of carbonyl (C=O) groups excluding carboxylic acids is 1. The predicted octanol–water partition coefficient (Wildman–Crippen LogP) is 8.05. The van der Waals surface area contributed by atoms with Crippen molar-refractivity contribution >= 4 is 28.5 Å². The maximum absolute atomic E-state index is 12.8. The summed E-state index contributed by atoms with van der Waals surface area (Å²) in [6, 6.07) is 31.6. The van der Waals surface area contributed by atoms with Crippen LogP contribution >= 0.6 is 0 Å². The molecule has 0 aliphatic heterocycles. The second kappa shape index (κ2) is 11.0. The molecule has 4 rings (SSSR count). The number of hydrogen-bond donors (Lipinski definition) is 2. The zero-order valence-corrected chi connectivity index (χ0v) is 19.1. The number of hydrogen-bond acceptors (Lipinski definition) is 3. The molecule has 2 N–H and O–H groups in total. The fraction of sp³-hybridized carbons (Fsp3) is 0.138. The lowest BCUT2D eigenvalue weighted by molar-refractivity contribution is 0.103. The van der Waals surface area contributed by atoms with Crippen molar-refractivity contribution in [3.05, 3.63) is 119 Å². The quantitative estimate of drug-likeness (QED) is 0.309. The second-order valence-corrected chi connectivity index (χ2v) is 7.47. The van der Waals surface area contributed by atoms with Crippen molar-refractivity contribution in [3.63, 3.8) is 0 Å². The molecule has 0 bridgehead atoms. The van der Waals surface area contributed by atoms with Gasteiger partial charge in [0.2, 0.25) is 0 Å². The summed E-state index contributed by atoms with van der Waals surface area (Å²) in [7, 11) is 0. The van der Waals surface area contributed by atoms with E-state index in [1.807, 2.05) is 86.6 Å². The van der Waals surface area contributed by atoms with E-state index in [1.54, 1.807) is 0 Å². The molecule has 0 saturated heterocycles. The van der Waals surface area contributed by atoms with Crippen molar-refractivity contribution < 1.29 is 4.79 Å². The van der Waals surface area contributed by atoms with Crippen LogP contribution in [0, 0.1) is 13.8 Å². The van der Waals surface area contributed by atoms with Gasteiger partial charge in [0.25, 0.3) is 0 Å². The zero-order valence-electron chi connectivity index (χ0n) is 19.1. The second-order valence-electron chi connectivity index (χ2n) is 7.47. The van der Waals surface area contributed by atoms with Crippen molar-refractivity contribution in [2.24, 2.45) is 0 Å². The van der Waals surface area contributed by atoms with Crippen molar-refractivity contribution in [1.29, 1.82) is 0 Å². The largest absolute Gasteiger partial charge is 0.356 e. The molecule has 0 aliphatic carbocycles. The van der Waals surface area contributed by atoms with Crippen LogP contribution in [0.2, 0.25) is 0 Å². The van der Waals surface area contributed by atoms with E-state index in [9.17, 15) is 4.79 Å². The third-order valence-electron chi connectivity index (χ3n) is 4.97. The summed E-state index contributed by atoms with van der Waals surface area (Å²) in [5.41, 5.74) is 7.74. The van der Waals surface area contributed by atoms with Crippen LogP contribution < -0.4 is 10.6 Å². The highest BCUT2D eigenvalue weighted by atomic mass is 16.1.